The first-order chi connectivity index (χ1) is 14.6. The summed E-state index contributed by atoms with van der Waals surface area (Å²) in [5, 5.41) is 14.4. The van der Waals surface area contributed by atoms with Gasteiger partial charge < -0.3 is 9.47 Å². The Morgan fingerprint density at radius 3 is 2.73 bits per heavy atom. The molecule has 4 heterocycles. The lowest BCUT2D eigenvalue weighted by Gasteiger charge is -2.32. The number of aromatic nitrogens is 5. The second-order valence-electron chi connectivity index (χ2n) is 8.35. The maximum Gasteiger partial charge on any atom is 0.274 e. The number of hydrogen-bond acceptors (Lipinski definition) is 5. The monoisotopic (exact) mass is 406 g/mol. The molecule has 1 saturated heterocycles. The highest BCUT2D eigenvalue weighted by molar-refractivity contribution is 6.04. The molecule has 5 rings (SSSR count). The van der Waals surface area contributed by atoms with E-state index in [-0.39, 0.29) is 17.4 Å². The lowest BCUT2D eigenvalue weighted by molar-refractivity contribution is 0.0697. The van der Waals surface area contributed by atoms with Crippen molar-refractivity contribution >= 4 is 16.7 Å². The highest BCUT2D eigenvalue weighted by Gasteiger charge is 2.31. The van der Waals surface area contributed by atoms with Crippen LogP contribution in [-0.4, -0.2) is 48.4 Å². The van der Waals surface area contributed by atoms with Gasteiger partial charge in [-0.25, -0.2) is 4.68 Å². The molecule has 2 aliphatic heterocycles. The van der Waals surface area contributed by atoms with E-state index < -0.39 is 0 Å². The van der Waals surface area contributed by atoms with Gasteiger partial charge in [-0.2, -0.15) is 5.10 Å². The molecule has 3 aromatic rings. The molecule has 2 aromatic heterocycles. The minimum absolute atomic E-state index is 0.123. The predicted octanol–water partition coefficient (Wildman–Crippen LogP) is 2.27. The third-order valence-corrected chi connectivity index (χ3v) is 6.37. The van der Waals surface area contributed by atoms with Gasteiger partial charge in [0.15, 0.2) is 5.69 Å². The van der Waals surface area contributed by atoms with Crippen molar-refractivity contribution in [3.8, 4) is 0 Å². The summed E-state index contributed by atoms with van der Waals surface area (Å²) in [4.78, 5) is 27.7. The number of fused-ring (bicyclic) bond motifs is 2. The molecule has 8 nitrogen and oxygen atoms in total. The summed E-state index contributed by atoms with van der Waals surface area (Å²) in [5.41, 5.74) is 0.151. The molecule has 2 aliphatic rings. The maximum atomic E-state index is 13.4. The number of carbonyl (C=O) groups excluding carboxylic acids is 1. The molecule has 0 N–H and O–H groups in total. The zero-order chi connectivity index (χ0) is 20.7. The van der Waals surface area contributed by atoms with Crippen molar-refractivity contribution in [3.05, 3.63) is 52.0 Å². The zero-order valence-corrected chi connectivity index (χ0v) is 17.3. The number of rotatable bonds is 2. The Labute approximate surface area is 174 Å². The number of benzene rings is 1. The summed E-state index contributed by atoms with van der Waals surface area (Å²) < 4.78 is 3.54. The quantitative estimate of drug-likeness (QED) is 0.652. The molecule has 1 aromatic carbocycles. The standard InChI is InChI=1S/C22H26N6O2/c1-26-21(29)17-10-5-4-9-16(17)19(25-26)22(30)27-12-7-8-15(14-27)20-24-23-18-11-3-2-6-13-28(18)20/h4-5,9-10,15H,2-3,6-8,11-14H2,1H3/t15-/m1/s1. The summed E-state index contributed by atoms with van der Waals surface area (Å²) in [7, 11) is 1.59. The highest BCUT2D eigenvalue weighted by Crippen LogP contribution is 2.29. The minimum atomic E-state index is -0.190. The first-order valence-electron chi connectivity index (χ1n) is 10.8. The number of likely N-dealkylation sites (tertiary alicyclic amines) is 1. The molecule has 8 heteroatoms. The first kappa shape index (κ1) is 19.0. The van der Waals surface area contributed by atoms with Gasteiger partial charge in [0, 0.05) is 44.4 Å². The van der Waals surface area contributed by atoms with Gasteiger partial charge in [0.2, 0.25) is 0 Å². The summed E-state index contributed by atoms with van der Waals surface area (Å²) >= 11 is 0. The Kier molecular flexibility index (Phi) is 4.84. The Morgan fingerprint density at radius 1 is 1.03 bits per heavy atom. The Bertz CT molecular complexity index is 1160. The van der Waals surface area contributed by atoms with Gasteiger partial charge in [-0.15, -0.1) is 10.2 Å². The van der Waals surface area contributed by atoms with Crippen LogP contribution in [0.1, 0.15) is 60.2 Å². The van der Waals surface area contributed by atoms with Crippen LogP contribution in [0.5, 0.6) is 0 Å². The van der Waals surface area contributed by atoms with E-state index in [0.717, 1.165) is 43.9 Å². The van der Waals surface area contributed by atoms with Crippen molar-refractivity contribution in [2.75, 3.05) is 13.1 Å². The van der Waals surface area contributed by atoms with Crippen LogP contribution in [0.15, 0.2) is 29.1 Å². The molecular weight excluding hydrogens is 380 g/mol. The molecular formula is C22H26N6O2. The SMILES string of the molecule is Cn1nc(C(=O)N2CCC[C@@H](c3nnc4n3CCCCC4)C2)c2ccccc2c1=O. The van der Waals surface area contributed by atoms with E-state index in [9.17, 15) is 9.59 Å². The van der Waals surface area contributed by atoms with E-state index in [2.05, 4.69) is 19.9 Å². The van der Waals surface area contributed by atoms with Gasteiger partial charge >= 0.3 is 0 Å². The summed E-state index contributed by atoms with van der Waals surface area (Å²) in [6.07, 6.45) is 6.45. The van der Waals surface area contributed by atoms with Crippen LogP contribution < -0.4 is 5.56 Å². The molecule has 1 amide bonds. The van der Waals surface area contributed by atoms with E-state index in [1.165, 1.54) is 17.5 Å². The molecule has 0 bridgehead atoms. The first-order valence-corrected chi connectivity index (χ1v) is 10.8. The van der Waals surface area contributed by atoms with Gasteiger partial charge in [0.1, 0.15) is 11.6 Å². The third kappa shape index (κ3) is 3.20. The van der Waals surface area contributed by atoms with Crippen molar-refractivity contribution in [2.45, 2.75) is 51.0 Å². The minimum Gasteiger partial charge on any atom is -0.337 e. The van der Waals surface area contributed by atoms with Crippen LogP contribution in [0, 0.1) is 0 Å². The molecule has 0 aliphatic carbocycles. The van der Waals surface area contributed by atoms with Gasteiger partial charge in [-0.1, -0.05) is 24.6 Å². The fourth-order valence-electron chi connectivity index (χ4n) is 4.79. The number of nitrogens with zero attached hydrogens (tertiary/aromatic N) is 6. The number of hydrogen-bond donors (Lipinski definition) is 0. The lowest BCUT2D eigenvalue weighted by atomic mass is 9.96. The van der Waals surface area contributed by atoms with Crippen molar-refractivity contribution in [2.24, 2.45) is 7.05 Å². The van der Waals surface area contributed by atoms with Crippen LogP contribution >= 0.6 is 0 Å². The van der Waals surface area contributed by atoms with Crippen molar-refractivity contribution in [3.63, 3.8) is 0 Å². The van der Waals surface area contributed by atoms with E-state index in [4.69, 9.17) is 0 Å². The second-order valence-corrected chi connectivity index (χ2v) is 8.35. The molecule has 0 saturated carbocycles. The van der Waals surface area contributed by atoms with Crippen LogP contribution in [0.2, 0.25) is 0 Å². The molecule has 156 valence electrons. The van der Waals surface area contributed by atoms with E-state index in [0.29, 0.717) is 29.6 Å². The normalized spacial score (nSPS) is 19.5. The average Bonchev–Trinajstić information content (AvgIpc) is 3.04. The van der Waals surface area contributed by atoms with Gasteiger partial charge in [0.25, 0.3) is 11.5 Å². The van der Waals surface area contributed by atoms with Crippen molar-refractivity contribution in [1.82, 2.24) is 29.4 Å². The van der Waals surface area contributed by atoms with Crippen LogP contribution in [0.4, 0.5) is 0 Å². The van der Waals surface area contributed by atoms with Gasteiger partial charge in [-0.3, -0.25) is 9.59 Å². The Hall–Kier alpha value is -3.03. The molecule has 30 heavy (non-hydrogen) atoms. The highest BCUT2D eigenvalue weighted by atomic mass is 16.2. The maximum absolute atomic E-state index is 13.4. The van der Waals surface area contributed by atoms with Crippen LogP contribution in [-0.2, 0) is 20.0 Å². The zero-order valence-electron chi connectivity index (χ0n) is 17.3. The number of aryl methyl sites for hydroxylation is 2. The topological polar surface area (TPSA) is 85.9 Å². The molecule has 0 spiro atoms. The Balaban J connectivity index is 1.46. The fraction of sp³-hybridized carbons (Fsp3) is 0.500. The molecule has 0 unspecified atom stereocenters. The van der Waals surface area contributed by atoms with E-state index >= 15 is 0 Å². The summed E-state index contributed by atoms with van der Waals surface area (Å²) in [6.45, 7) is 2.26. The predicted molar refractivity (Wildman–Crippen MR) is 112 cm³/mol. The van der Waals surface area contributed by atoms with E-state index in [1.54, 1.807) is 19.2 Å². The third-order valence-electron chi connectivity index (χ3n) is 6.37. The van der Waals surface area contributed by atoms with Gasteiger partial charge in [0.05, 0.1) is 5.39 Å². The second kappa shape index (κ2) is 7.66. The van der Waals surface area contributed by atoms with Crippen molar-refractivity contribution < 1.29 is 4.79 Å². The lowest BCUT2D eigenvalue weighted by Crippen LogP contribution is -2.41. The number of carbonyl (C=O) groups is 1. The summed E-state index contributed by atoms with van der Waals surface area (Å²) in [6, 6.07) is 7.20. The Morgan fingerprint density at radius 2 is 1.87 bits per heavy atom. The van der Waals surface area contributed by atoms with Gasteiger partial charge in [-0.05, 0) is 31.7 Å². The molecule has 1 atom stereocenters. The van der Waals surface area contributed by atoms with E-state index in [1.807, 2.05) is 17.0 Å². The fourth-order valence-corrected chi connectivity index (χ4v) is 4.79. The summed E-state index contributed by atoms with van der Waals surface area (Å²) in [5.74, 6) is 2.15. The van der Waals surface area contributed by atoms with Crippen LogP contribution in [0.25, 0.3) is 10.8 Å². The smallest absolute Gasteiger partial charge is 0.274 e. The number of piperidine rings is 1. The molecule has 1 fully saturated rings. The van der Waals surface area contributed by atoms with Crippen LogP contribution in [0.3, 0.4) is 0 Å². The molecule has 0 radical (unpaired) electrons. The number of amides is 1. The largest absolute Gasteiger partial charge is 0.337 e. The van der Waals surface area contributed by atoms with Crippen molar-refractivity contribution in [1.29, 1.82) is 0 Å². The average molecular weight is 406 g/mol.